The van der Waals surface area contributed by atoms with Crippen LogP contribution in [0, 0.1) is 11.8 Å². The lowest BCUT2D eigenvalue weighted by Gasteiger charge is -2.30. The van der Waals surface area contributed by atoms with Crippen LogP contribution in [-0.2, 0) is 15.0 Å². The van der Waals surface area contributed by atoms with E-state index in [1.165, 1.54) is 0 Å². The van der Waals surface area contributed by atoms with Crippen molar-refractivity contribution >= 4 is 11.8 Å². The fourth-order valence-corrected chi connectivity index (χ4v) is 2.79. The summed E-state index contributed by atoms with van der Waals surface area (Å²) >= 11 is 0. The summed E-state index contributed by atoms with van der Waals surface area (Å²) in [6, 6.07) is 9.52. The predicted octanol–water partition coefficient (Wildman–Crippen LogP) is 1.87. The lowest BCUT2D eigenvalue weighted by Crippen LogP contribution is -2.38. The second-order valence-electron chi connectivity index (χ2n) is 5.11. The number of nitrogens with one attached hydrogen (secondary N) is 1. The maximum atomic E-state index is 12.1. The van der Waals surface area contributed by atoms with E-state index in [0.717, 1.165) is 5.56 Å². The molecule has 1 saturated heterocycles. The van der Waals surface area contributed by atoms with E-state index in [4.69, 9.17) is 0 Å². The highest BCUT2D eigenvalue weighted by Gasteiger charge is 2.53. The van der Waals surface area contributed by atoms with E-state index in [9.17, 15) is 9.59 Å². The Labute approximate surface area is 101 Å². The third-order valence-electron chi connectivity index (χ3n) is 3.65. The molecule has 0 spiro atoms. The average Bonchev–Trinajstić information content (AvgIpc) is 2.51. The summed E-state index contributed by atoms with van der Waals surface area (Å²) in [4.78, 5) is 24.0. The molecule has 2 amide bonds. The van der Waals surface area contributed by atoms with E-state index in [0.29, 0.717) is 0 Å². The predicted molar refractivity (Wildman–Crippen MR) is 65.3 cm³/mol. The molecule has 1 aliphatic heterocycles. The number of carbonyl (C=O) groups is 2. The zero-order valence-electron chi connectivity index (χ0n) is 10.4. The monoisotopic (exact) mass is 231 g/mol. The molecular formula is C14H17NO2. The zero-order chi connectivity index (χ0) is 12.6. The largest absolute Gasteiger partial charge is 0.295 e. The number of carbonyl (C=O) groups excluding carboxylic acids is 2. The molecule has 2 atom stereocenters. The maximum Gasteiger partial charge on any atom is 0.237 e. The summed E-state index contributed by atoms with van der Waals surface area (Å²) in [7, 11) is 0. The highest BCUT2D eigenvalue weighted by atomic mass is 16.2. The van der Waals surface area contributed by atoms with Gasteiger partial charge in [0.15, 0.2) is 0 Å². The Bertz CT molecular complexity index is 453. The molecule has 3 heteroatoms. The minimum absolute atomic E-state index is 0.131. The maximum absolute atomic E-state index is 12.1. The first-order chi connectivity index (χ1) is 7.98. The SMILES string of the molecule is CC(C)[C@H]1C(=O)NC(=O)[C@@]1(C)c1ccccc1. The topological polar surface area (TPSA) is 46.2 Å². The van der Waals surface area contributed by atoms with Crippen LogP contribution in [0.1, 0.15) is 26.3 Å². The van der Waals surface area contributed by atoms with Crippen molar-refractivity contribution in [2.45, 2.75) is 26.2 Å². The van der Waals surface area contributed by atoms with Gasteiger partial charge in [0.05, 0.1) is 11.3 Å². The van der Waals surface area contributed by atoms with Crippen LogP contribution in [0.2, 0.25) is 0 Å². The van der Waals surface area contributed by atoms with Crippen LogP contribution in [0.25, 0.3) is 0 Å². The van der Waals surface area contributed by atoms with Crippen LogP contribution in [0.3, 0.4) is 0 Å². The molecular weight excluding hydrogens is 214 g/mol. The molecule has 0 saturated carbocycles. The van der Waals surface area contributed by atoms with Crippen molar-refractivity contribution in [1.29, 1.82) is 0 Å². The van der Waals surface area contributed by atoms with Gasteiger partial charge >= 0.3 is 0 Å². The number of hydrogen-bond donors (Lipinski definition) is 1. The first-order valence-corrected chi connectivity index (χ1v) is 5.88. The van der Waals surface area contributed by atoms with E-state index in [2.05, 4.69) is 5.32 Å². The standard InChI is InChI=1S/C14H17NO2/c1-9(2)11-12(16)15-13(17)14(11,3)10-7-5-4-6-8-10/h4-9,11H,1-3H3,(H,15,16,17)/t11-,14-/m0/s1. The lowest BCUT2D eigenvalue weighted by molar-refractivity contribution is -0.126. The second-order valence-corrected chi connectivity index (χ2v) is 5.11. The molecule has 0 unspecified atom stereocenters. The lowest BCUT2D eigenvalue weighted by atomic mass is 9.69. The van der Waals surface area contributed by atoms with Gasteiger partial charge in [-0.05, 0) is 18.4 Å². The molecule has 0 radical (unpaired) electrons. The van der Waals surface area contributed by atoms with Crippen molar-refractivity contribution in [2.75, 3.05) is 0 Å². The Balaban J connectivity index is 2.54. The summed E-state index contributed by atoms with van der Waals surface area (Å²) in [6.07, 6.45) is 0. The molecule has 1 aromatic carbocycles. The van der Waals surface area contributed by atoms with Gasteiger partial charge in [-0.3, -0.25) is 14.9 Å². The van der Waals surface area contributed by atoms with Gasteiger partial charge in [-0.1, -0.05) is 44.2 Å². The molecule has 0 aromatic heterocycles. The van der Waals surface area contributed by atoms with Gasteiger partial charge in [-0.15, -0.1) is 0 Å². The first kappa shape index (κ1) is 11.8. The molecule has 1 heterocycles. The van der Waals surface area contributed by atoms with E-state index < -0.39 is 5.41 Å². The van der Waals surface area contributed by atoms with Crippen LogP contribution in [-0.4, -0.2) is 11.8 Å². The number of benzene rings is 1. The Kier molecular flexibility index (Phi) is 2.77. The highest BCUT2D eigenvalue weighted by Crippen LogP contribution is 2.40. The van der Waals surface area contributed by atoms with Crippen molar-refractivity contribution in [3.63, 3.8) is 0 Å². The molecule has 1 fully saturated rings. The second kappa shape index (κ2) is 3.99. The third-order valence-corrected chi connectivity index (χ3v) is 3.65. The minimum Gasteiger partial charge on any atom is -0.295 e. The van der Waals surface area contributed by atoms with Crippen LogP contribution >= 0.6 is 0 Å². The Morgan fingerprint density at radius 2 is 1.76 bits per heavy atom. The molecule has 1 aliphatic rings. The normalized spacial score (nSPS) is 28.6. The molecule has 90 valence electrons. The van der Waals surface area contributed by atoms with Gasteiger partial charge < -0.3 is 0 Å². The van der Waals surface area contributed by atoms with Crippen LogP contribution < -0.4 is 5.32 Å². The summed E-state index contributed by atoms with van der Waals surface area (Å²) in [6.45, 7) is 5.81. The fraction of sp³-hybridized carbons (Fsp3) is 0.429. The van der Waals surface area contributed by atoms with Gasteiger partial charge in [-0.25, -0.2) is 0 Å². The van der Waals surface area contributed by atoms with E-state index in [1.807, 2.05) is 51.1 Å². The highest BCUT2D eigenvalue weighted by molar-refractivity contribution is 6.10. The van der Waals surface area contributed by atoms with E-state index in [1.54, 1.807) is 0 Å². The Morgan fingerprint density at radius 1 is 1.18 bits per heavy atom. The van der Waals surface area contributed by atoms with Gasteiger partial charge in [-0.2, -0.15) is 0 Å². The van der Waals surface area contributed by atoms with Crippen molar-refractivity contribution in [3.8, 4) is 0 Å². The molecule has 1 N–H and O–H groups in total. The number of rotatable bonds is 2. The van der Waals surface area contributed by atoms with Gasteiger partial charge in [0.1, 0.15) is 0 Å². The summed E-state index contributed by atoms with van der Waals surface area (Å²) < 4.78 is 0. The molecule has 3 nitrogen and oxygen atoms in total. The van der Waals surface area contributed by atoms with Crippen LogP contribution in [0.4, 0.5) is 0 Å². The van der Waals surface area contributed by atoms with Crippen molar-refractivity contribution in [3.05, 3.63) is 35.9 Å². The fourth-order valence-electron chi connectivity index (χ4n) is 2.79. The summed E-state index contributed by atoms with van der Waals surface area (Å²) in [5.74, 6) is -0.507. The minimum atomic E-state index is -0.744. The zero-order valence-corrected chi connectivity index (χ0v) is 10.4. The van der Waals surface area contributed by atoms with Crippen molar-refractivity contribution in [1.82, 2.24) is 5.32 Å². The first-order valence-electron chi connectivity index (χ1n) is 5.88. The average molecular weight is 231 g/mol. The van der Waals surface area contributed by atoms with Gasteiger partial charge in [0.25, 0.3) is 0 Å². The summed E-state index contributed by atoms with van der Waals surface area (Å²) in [5.41, 5.74) is 0.161. The molecule has 0 aliphatic carbocycles. The van der Waals surface area contributed by atoms with Gasteiger partial charge in [0.2, 0.25) is 11.8 Å². The van der Waals surface area contributed by atoms with Crippen molar-refractivity contribution < 1.29 is 9.59 Å². The van der Waals surface area contributed by atoms with E-state index >= 15 is 0 Å². The van der Waals surface area contributed by atoms with Crippen LogP contribution in [0.15, 0.2) is 30.3 Å². The molecule has 0 bridgehead atoms. The molecule has 1 aromatic rings. The third kappa shape index (κ3) is 1.66. The Hall–Kier alpha value is -1.64. The number of amides is 2. The molecule has 17 heavy (non-hydrogen) atoms. The quantitative estimate of drug-likeness (QED) is 0.790. The number of imide groups is 1. The number of hydrogen-bond acceptors (Lipinski definition) is 2. The van der Waals surface area contributed by atoms with Crippen LogP contribution in [0.5, 0.6) is 0 Å². The van der Waals surface area contributed by atoms with Crippen molar-refractivity contribution in [2.24, 2.45) is 11.8 Å². The Morgan fingerprint density at radius 3 is 2.29 bits per heavy atom. The van der Waals surface area contributed by atoms with E-state index in [-0.39, 0.29) is 23.7 Å². The van der Waals surface area contributed by atoms with Gasteiger partial charge in [0, 0.05) is 0 Å². The summed E-state index contributed by atoms with van der Waals surface area (Å²) in [5, 5.41) is 2.46. The molecule has 2 rings (SSSR count). The smallest absolute Gasteiger partial charge is 0.237 e.